The molecule has 0 aromatic carbocycles. The summed E-state index contributed by atoms with van der Waals surface area (Å²) in [6.07, 6.45) is 3.27. The van der Waals surface area contributed by atoms with Gasteiger partial charge in [-0.05, 0) is 43.7 Å². The summed E-state index contributed by atoms with van der Waals surface area (Å²) in [6, 6.07) is 3.49. The first-order valence-corrected chi connectivity index (χ1v) is 7.33. The predicted octanol–water partition coefficient (Wildman–Crippen LogP) is 2.65. The van der Waals surface area contributed by atoms with Crippen molar-refractivity contribution in [2.24, 2.45) is 11.8 Å². The topological polar surface area (TPSA) is 79.3 Å². The van der Waals surface area contributed by atoms with Gasteiger partial charge >= 0.3 is 5.97 Å². The highest BCUT2D eigenvalue weighted by Gasteiger charge is 2.16. The van der Waals surface area contributed by atoms with Crippen LogP contribution >= 0.6 is 0 Å². The Bertz CT molecular complexity index is 486. The third kappa shape index (κ3) is 5.94. The Kier molecular flexibility index (Phi) is 6.85. The average Bonchev–Trinajstić information content (AvgIpc) is 2.42. The van der Waals surface area contributed by atoms with Crippen LogP contribution in [0.4, 0.5) is 0 Å². The maximum absolute atomic E-state index is 12.0. The third-order valence-corrected chi connectivity index (χ3v) is 3.72. The summed E-state index contributed by atoms with van der Waals surface area (Å²) < 4.78 is 0. The van der Waals surface area contributed by atoms with Crippen LogP contribution in [0.15, 0.2) is 18.3 Å². The number of rotatable bonds is 8. The molecule has 1 aromatic rings. The summed E-state index contributed by atoms with van der Waals surface area (Å²) in [5.41, 5.74) is 1.30. The molecule has 0 aliphatic heterocycles. The maximum atomic E-state index is 12.0. The molecule has 1 atom stereocenters. The molecule has 0 bridgehead atoms. The second kappa shape index (κ2) is 8.39. The van der Waals surface area contributed by atoms with E-state index in [4.69, 9.17) is 5.11 Å². The number of carbonyl (C=O) groups excluding carboxylic acids is 1. The van der Waals surface area contributed by atoms with Crippen molar-refractivity contribution in [1.29, 1.82) is 0 Å². The summed E-state index contributed by atoms with van der Waals surface area (Å²) in [5.74, 6) is -0.185. The first-order valence-electron chi connectivity index (χ1n) is 7.33. The molecule has 116 valence electrons. The first-order chi connectivity index (χ1) is 9.91. The van der Waals surface area contributed by atoms with E-state index < -0.39 is 5.97 Å². The van der Waals surface area contributed by atoms with Crippen LogP contribution in [0.25, 0.3) is 0 Å². The molecular formula is C16H24N2O3. The SMILES string of the molecule is Cc1ncccc1C(=O)NCCC(CCC(=O)O)C(C)C. The highest BCUT2D eigenvalue weighted by Crippen LogP contribution is 2.20. The first kappa shape index (κ1) is 17.1. The molecule has 0 aliphatic rings. The molecule has 0 saturated heterocycles. The van der Waals surface area contributed by atoms with Gasteiger partial charge in [-0.3, -0.25) is 14.6 Å². The van der Waals surface area contributed by atoms with Crippen LogP contribution in [-0.2, 0) is 4.79 Å². The number of aryl methyl sites for hydroxylation is 1. The Labute approximate surface area is 125 Å². The van der Waals surface area contributed by atoms with Crippen LogP contribution in [-0.4, -0.2) is 28.5 Å². The van der Waals surface area contributed by atoms with E-state index in [1.165, 1.54) is 0 Å². The number of carboxylic acids is 1. The fraction of sp³-hybridized carbons (Fsp3) is 0.562. The van der Waals surface area contributed by atoms with Crippen LogP contribution in [0, 0.1) is 18.8 Å². The van der Waals surface area contributed by atoms with Crippen LogP contribution in [0.5, 0.6) is 0 Å². The van der Waals surface area contributed by atoms with Gasteiger partial charge < -0.3 is 10.4 Å². The predicted molar refractivity (Wildman–Crippen MR) is 81.1 cm³/mol. The number of aromatic nitrogens is 1. The Morgan fingerprint density at radius 1 is 1.33 bits per heavy atom. The molecule has 1 rings (SSSR count). The molecule has 5 heteroatoms. The quantitative estimate of drug-likeness (QED) is 0.772. The fourth-order valence-electron chi connectivity index (χ4n) is 2.31. The molecule has 5 nitrogen and oxygen atoms in total. The van der Waals surface area contributed by atoms with Crippen molar-refractivity contribution in [2.45, 2.75) is 40.0 Å². The molecule has 0 saturated carbocycles. The molecule has 1 unspecified atom stereocenters. The minimum atomic E-state index is -0.768. The number of carboxylic acid groups (broad SMARTS) is 1. The molecule has 0 spiro atoms. The number of amides is 1. The van der Waals surface area contributed by atoms with E-state index in [1.54, 1.807) is 25.3 Å². The van der Waals surface area contributed by atoms with Gasteiger partial charge in [0.25, 0.3) is 5.91 Å². The molecular weight excluding hydrogens is 268 g/mol. The lowest BCUT2D eigenvalue weighted by atomic mass is 9.88. The van der Waals surface area contributed by atoms with Crippen LogP contribution in [0.2, 0.25) is 0 Å². The molecule has 2 N–H and O–H groups in total. The van der Waals surface area contributed by atoms with Crippen molar-refractivity contribution in [3.8, 4) is 0 Å². The van der Waals surface area contributed by atoms with Gasteiger partial charge in [0.2, 0.25) is 0 Å². The fourth-order valence-corrected chi connectivity index (χ4v) is 2.31. The smallest absolute Gasteiger partial charge is 0.303 e. The van der Waals surface area contributed by atoms with Crippen LogP contribution in [0.3, 0.4) is 0 Å². The lowest BCUT2D eigenvalue weighted by Crippen LogP contribution is -2.28. The Morgan fingerprint density at radius 3 is 2.62 bits per heavy atom. The number of hydrogen-bond acceptors (Lipinski definition) is 3. The average molecular weight is 292 g/mol. The maximum Gasteiger partial charge on any atom is 0.303 e. The lowest BCUT2D eigenvalue weighted by Gasteiger charge is -2.20. The number of pyridine rings is 1. The highest BCUT2D eigenvalue weighted by atomic mass is 16.4. The van der Waals surface area contributed by atoms with Crippen molar-refractivity contribution in [2.75, 3.05) is 6.54 Å². The Morgan fingerprint density at radius 2 is 2.05 bits per heavy atom. The van der Waals surface area contributed by atoms with Crippen LogP contribution in [0.1, 0.15) is 49.2 Å². The van der Waals surface area contributed by atoms with Gasteiger partial charge in [-0.25, -0.2) is 0 Å². The van der Waals surface area contributed by atoms with Crippen molar-refractivity contribution in [3.63, 3.8) is 0 Å². The zero-order valence-electron chi connectivity index (χ0n) is 12.9. The molecule has 1 heterocycles. The number of carbonyl (C=O) groups is 2. The van der Waals surface area contributed by atoms with Crippen molar-refractivity contribution >= 4 is 11.9 Å². The number of hydrogen-bond donors (Lipinski definition) is 2. The van der Waals surface area contributed by atoms with Gasteiger partial charge in [0.15, 0.2) is 0 Å². The van der Waals surface area contributed by atoms with Crippen molar-refractivity contribution in [1.82, 2.24) is 10.3 Å². The summed E-state index contributed by atoms with van der Waals surface area (Å²) >= 11 is 0. The summed E-state index contributed by atoms with van der Waals surface area (Å²) in [6.45, 7) is 6.52. The second-order valence-corrected chi connectivity index (χ2v) is 5.62. The Hall–Kier alpha value is -1.91. The number of nitrogens with one attached hydrogen (secondary N) is 1. The van der Waals surface area contributed by atoms with E-state index in [9.17, 15) is 9.59 Å². The second-order valence-electron chi connectivity index (χ2n) is 5.62. The van der Waals surface area contributed by atoms with Gasteiger partial charge in [-0.15, -0.1) is 0 Å². The Balaban J connectivity index is 2.45. The molecule has 0 fully saturated rings. The molecule has 1 amide bonds. The van der Waals surface area contributed by atoms with Gasteiger partial charge in [0.1, 0.15) is 0 Å². The summed E-state index contributed by atoms with van der Waals surface area (Å²) in [5, 5.41) is 11.6. The monoisotopic (exact) mass is 292 g/mol. The van der Waals surface area contributed by atoms with E-state index >= 15 is 0 Å². The number of aliphatic carboxylic acids is 1. The van der Waals surface area contributed by atoms with E-state index in [0.717, 1.165) is 6.42 Å². The molecule has 0 radical (unpaired) electrons. The van der Waals surface area contributed by atoms with E-state index in [0.29, 0.717) is 36.1 Å². The minimum Gasteiger partial charge on any atom is -0.481 e. The largest absolute Gasteiger partial charge is 0.481 e. The van der Waals surface area contributed by atoms with Crippen molar-refractivity contribution < 1.29 is 14.7 Å². The zero-order valence-corrected chi connectivity index (χ0v) is 12.9. The third-order valence-electron chi connectivity index (χ3n) is 3.72. The summed E-state index contributed by atoms with van der Waals surface area (Å²) in [7, 11) is 0. The zero-order chi connectivity index (χ0) is 15.8. The van der Waals surface area contributed by atoms with Gasteiger partial charge in [-0.1, -0.05) is 13.8 Å². The molecule has 1 aromatic heterocycles. The molecule has 0 aliphatic carbocycles. The normalized spacial score (nSPS) is 12.2. The van der Waals surface area contributed by atoms with Gasteiger partial charge in [-0.2, -0.15) is 0 Å². The van der Waals surface area contributed by atoms with Gasteiger partial charge in [0, 0.05) is 24.9 Å². The van der Waals surface area contributed by atoms with E-state index in [-0.39, 0.29) is 12.3 Å². The summed E-state index contributed by atoms with van der Waals surface area (Å²) in [4.78, 5) is 26.8. The van der Waals surface area contributed by atoms with Crippen LogP contribution < -0.4 is 5.32 Å². The van der Waals surface area contributed by atoms with Gasteiger partial charge in [0.05, 0.1) is 5.56 Å². The minimum absolute atomic E-state index is 0.124. The van der Waals surface area contributed by atoms with E-state index in [1.807, 2.05) is 0 Å². The standard InChI is InChI=1S/C16H24N2O3/c1-11(2)13(6-7-15(19)20)8-10-18-16(21)14-5-4-9-17-12(14)3/h4-5,9,11,13H,6-8,10H2,1-3H3,(H,18,21)(H,19,20). The number of nitrogens with zero attached hydrogens (tertiary/aromatic N) is 1. The van der Waals surface area contributed by atoms with E-state index in [2.05, 4.69) is 24.1 Å². The highest BCUT2D eigenvalue weighted by molar-refractivity contribution is 5.95. The molecule has 21 heavy (non-hydrogen) atoms. The lowest BCUT2D eigenvalue weighted by molar-refractivity contribution is -0.137. The van der Waals surface area contributed by atoms with Crippen molar-refractivity contribution in [3.05, 3.63) is 29.6 Å².